The Morgan fingerprint density at radius 2 is 1.95 bits per heavy atom. The number of aromatic nitrogens is 2. The van der Waals surface area contributed by atoms with E-state index in [1.54, 1.807) is 24.3 Å². The Kier molecular flexibility index (Phi) is 5.14. The van der Waals surface area contributed by atoms with E-state index in [0.717, 1.165) is 6.26 Å². The van der Waals surface area contributed by atoms with E-state index >= 15 is 0 Å². The third-order valence-electron chi connectivity index (χ3n) is 2.51. The Bertz CT molecular complexity index is 759. The fourth-order valence-corrected chi connectivity index (χ4v) is 1.94. The van der Waals surface area contributed by atoms with Gasteiger partial charge in [-0.15, -0.1) is 11.5 Å². The fraction of sp³-hybridized carbons (Fsp3) is 0.286. The van der Waals surface area contributed by atoms with Gasteiger partial charge in [0.05, 0.1) is 6.61 Å². The van der Waals surface area contributed by atoms with Crippen LogP contribution in [0.25, 0.3) is 11.5 Å². The van der Waals surface area contributed by atoms with Crippen LogP contribution in [0.4, 0.5) is 0 Å². The Balaban J connectivity index is 1.97. The minimum Gasteiger partial charge on any atom is -0.491 e. The molecule has 0 aliphatic rings. The number of ether oxygens (including phenoxy) is 2. The first-order valence-electron chi connectivity index (χ1n) is 6.28. The highest BCUT2D eigenvalue weighted by atomic mass is 32.2. The number of hydrogen-bond acceptors (Lipinski definition) is 7. The molecule has 8 heteroatoms. The predicted octanol–water partition coefficient (Wildman–Crippen LogP) is 1.17. The van der Waals surface area contributed by atoms with Crippen molar-refractivity contribution in [3.05, 3.63) is 24.3 Å². The number of benzene rings is 1. The topological polar surface area (TPSA) is 91.5 Å². The summed E-state index contributed by atoms with van der Waals surface area (Å²) in [5, 5.41) is 6.79. The van der Waals surface area contributed by atoms with Crippen molar-refractivity contribution in [2.24, 2.45) is 0 Å². The molecule has 0 N–H and O–H groups in total. The molecule has 7 nitrogen and oxygen atoms in total. The van der Waals surface area contributed by atoms with Crippen LogP contribution in [0.1, 0.15) is 0 Å². The minimum atomic E-state index is -3.51. The van der Waals surface area contributed by atoms with Gasteiger partial charge in [0.15, 0.2) is 0 Å². The Morgan fingerprint density at radius 1 is 1.23 bits per heavy atom. The molecule has 1 aromatic carbocycles. The molecule has 0 spiro atoms. The molecule has 2 rings (SSSR count). The number of hydrogen-bond donors (Lipinski definition) is 0. The lowest BCUT2D eigenvalue weighted by Crippen LogP contribution is -2.06. The van der Waals surface area contributed by atoms with E-state index in [4.69, 9.17) is 20.3 Å². The molecule has 116 valence electrons. The van der Waals surface area contributed by atoms with E-state index in [-0.39, 0.29) is 12.5 Å². The van der Waals surface area contributed by atoms with Gasteiger partial charge in [-0.25, -0.2) is 8.42 Å². The minimum absolute atomic E-state index is 0.129. The molecule has 0 atom stereocenters. The van der Waals surface area contributed by atoms with Gasteiger partial charge >= 0.3 is 5.22 Å². The number of terminal acetylenes is 1. The van der Waals surface area contributed by atoms with Crippen molar-refractivity contribution in [1.29, 1.82) is 0 Å². The monoisotopic (exact) mass is 322 g/mol. The van der Waals surface area contributed by atoms with Crippen molar-refractivity contribution < 1.29 is 22.3 Å². The summed E-state index contributed by atoms with van der Waals surface area (Å²) in [6, 6.07) is 6.80. The van der Waals surface area contributed by atoms with Gasteiger partial charge in [0.25, 0.3) is 0 Å². The third-order valence-corrected chi connectivity index (χ3v) is 3.31. The molecule has 0 saturated heterocycles. The lowest BCUT2D eigenvalue weighted by atomic mass is 10.2. The molecule has 2 aromatic rings. The first-order valence-corrected chi connectivity index (χ1v) is 8.18. The summed E-state index contributed by atoms with van der Waals surface area (Å²) < 4.78 is 38.2. The van der Waals surface area contributed by atoms with E-state index in [1.165, 1.54) is 0 Å². The van der Waals surface area contributed by atoms with Gasteiger partial charge < -0.3 is 13.9 Å². The van der Waals surface area contributed by atoms with E-state index in [2.05, 4.69) is 16.1 Å². The number of sulfone groups is 1. The van der Waals surface area contributed by atoms with Crippen LogP contribution in [0.15, 0.2) is 33.9 Å². The van der Waals surface area contributed by atoms with Crippen molar-refractivity contribution in [3.63, 3.8) is 0 Å². The second-order valence-electron chi connectivity index (χ2n) is 4.27. The summed E-state index contributed by atoms with van der Waals surface area (Å²) in [7, 11) is -3.51. The second-order valence-corrected chi connectivity index (χ2v) is 6.17. The average molecular weight is 322 g/mol. The standard InChI is InChI=1S/C14H14N2O5S/c1-3-8-19-9-10-20-12-6-4-11(5-7-12)13-15-16-14(21-13)22(2,17)18/h1,4-7H,8-10H2,2H3. The molecule has 0 aliphatic heterocycles. The first-order chi connectivity index (χ1) is 10.5. The largest absolute Gasteiger partial charge is 0.491 e. The van der Waals surface area contributed by atoms with Crippen LogP contribution >= 0.6 is 0 Å². The second kappa shape index (κ2) is 7.06. The Hall–Kier alpha value is -2.37. The molecule has 0 bridgehead atoms. The maximum atomic E-state index is 11.3. The van der Waals surface area contributed by atoms with Crippen molar-refractivity contribution in [2.75, 3.05) is 26.1 Å². The van der Waals surface area contributed by atoms with Gasteiger partial charge in [-0.05, 0) is 24.3 Å². The van der Waals surface area contributed by atoms with Gasteiger partial charge in [0.2, 0.25) is 15.7 Å². The smallest absolute Gasteiger partial charge is 0.335 e. The van der Waals surface area contributed by atoms with E-state index in [0.29, 0.717) is 24.5 Å². The van der Waals surface area contributed by atoms with Gasteiger partial charge in [0.1, 0.15) is 19.0 Å². The lowest BCUT2D eigenvalue weighted by Gasteiger charge is -2.06. The van der Waals surface area contributed by atoms with Crippen LogP contribution in [-0.4, -0.2) is 44.7 Å². The zero-order valence-corrected chi connectivity index (χ0v) is 12.7. The van der Waals surface area contributed by atoms with Crippen LogP contribution in [0.2, 0.25) is 0 Å². The van der Waals surface area contributed by atoms with Gasteiger partial charge in [0, 0.05) is 11.8 Å². The van der Waals surface area contributed by atoms with Gasteiger partial charge in [-0.1, -0.05) is 11.0 Å². The van der Waals surface area contributed by atoms with Crippen molar-refractivity contribution in [1.82, 2.24) is 10.2 Å². The summed E-state index contributed by atoms with van der Waals surface area (Å²) in [5.41, 5.74) is 0.596. The maximum Gasteiger partial charge on any atom is 0.335 e. The van der Waals surface area contributed by atoms with E-state index in [9.17, 15) is 8.42 Å². The maximum absolute atomic E-state index is 11.3. The summed E-state index contributed by atoms with van der Waals surface area (Å²) in [6.45, 7) is 1.02. The first kappa shape index (κ1) is 16.0. The summed E-state index contributed by atoms with van der Waals surface area (Å²) in [5.74, 6) is 3.12. The molecule has 0 radical (unpaired) electrons. The molecule has 0 amide bonds. The van der Waals surface area contributed by atoms with Crippen LogP contribution < -0.4 is 4.74 Å². The average Bonchev–Trinajstić information content (AvgIpc) is 2.98. The number of rotatable bonds is 7. The van der Waals surface area contributed by atoms with Crippen LogP contribution in [0, 0.1) is 12.3 Å². The third kappa shape index (κ3) is 4.31. The molecule has 1 heterocycles. The normalized spacial score (nSPS) is 11.1. The van der Waals surface area contributed by atoms with Crippen molar-refractivity contribution >= 4 is 9.84 Å². The molecule has 22 heavy (non-hydrogen) atoms. The lowest BCUT2D eigenvalue weighted by molar-refractivity contribution is 0.124. The Morgan fingerprint density at radius 3 is 2.55 bits per heavy atom. The van der Waals surface area contributed by atoms with Crippen LogP contribution in [0.3, 0.4) is 0 Å². The highest BCUT2D eigenvalue weighted by Gasteiger charge is 2.17. The molecule has 1 aromatic heterocycles. The summed E-state index contributed by atoms with van der Waals surface area (Å²) >= 11 is 0. The molecular formula is C14H14N2O5S. The van der Waals surface area contributed by atoms with E-state index in [1.807, 2.05) is 0 Å². The highest BCUT2D eigenvalue weighted by Crippen LogP contribution is 2.22. The zero-order valence-electron chi connectivity index (χ0n) is 11.9. The molecule has 0 aliphatic carbocycles. The fourth-order valence-electron chi connectivity index (χ4n) is 1.52. The quantitative estimate of drug-likeness (QED) is 0.558. The SMILES string of the molecule is C#CCOCCOc1ccc(-c2nnc(S(C)(=O)=O)o2)cc1. The zero-order chi connectivity index (χ0) is 16.0. The summed E-state index contributed by atoms with van der Waals surface area (Å²) in [4.78, 5) is 0. The molecular weight excluding hydrogens is 308 g/mol. The molecule has 0 unspecified atom stereocenters. The highest BCUT2D eigenvalue weighted by molar-refractivity contribution is 7.90. The van der Waals surface area contributed by atoms with Gasteiger partial charge in [-0.3, -0.25) is 0 Å². The Labute approximate surface area is 128 Å². The summed E-state index contributed by atoms with van der Waals surface area (Å²) in [6.07, 6.45) is 6.05. The molecule has 0 saturated carbocycles. The molecule has 0 fully saturated rings. The van der Waals surface area contributed by atoms with Crippen LogP contribution in [-0.2, 0) is 14.6 Å². The van der Waals surface area contributed by atoms with Gasteiger partial charge in [-0.2, -0.15) is 0 Å². The van der Waals surface area contributed by atoms with Crippen molar-refractivity contribution in [3.8, 4) is 29.5 Å². The van der Waals surface area contributed by atoms with Crippen LogP contribution in [0.5, 0.6) is 5.75 Å². The van der Waals surface area contributed by atoms with E-state index < -0.39 is 15.1 Å². The predicted molar refractivity (Wildman–Crippen MR) is 78.0 cm³/mol. The number of nitrogens with zero attached hydrogens (tertiary/aromatic N) is 2. The van der Waals surface area contributed by atoms with Crippen molar-refractivity contribution in [2.45, 2.75) is 5.22 Å².